The van der Waals surface area contributed by atoms with Crippen molar-refractivity contribution in [3.63, 3.8) is 0 Å². The number of allylic oxidation sites excluding steroid dienone is 1. The van der Waals surface area contributed by atoms with Gasteiger partial charge in [-0.25, -0.2) is 9.78 Å². The van der Waals surface area contributed by atoms with Crippen molar-refractivity contribution in [2.45, 2.75) is 6.54 Å². The monoisotopic (exact) mass is 376 g/mol. The highest BCUT2D eigenvalue weighted by Crippen LogP contribution is 2.19. The third-order valence-electron chi connectivity index (χ3n) is 2.62. The van der Waals surface area contributed by atoms with E-state index in [1.54, 1.807) is 11.6 Å². The van der Waals surface area contributed by atoms with Gasteiger partial charge in [0.05, 0.1) is 6.54 Å². The van der Waals surface area contributed by atoms with Crippen LogP contribution < -0.4 is 11.2 Å². The smallest absolute Gasteiger partial charge is 0.299 e. The Balaban J connectivity index is 2.99. The molecule has 0 saturated heterocycles. The van der Waals surface area contributed by atoms with E-state index in [1.807, 2.05) is 0 Å². The van der Waals surface area contributed by atoms with E-state index in [2.05, 4.69) is 43.4 Å². The van der Waals surface area contributed by atoms with E-state index in [9.17, 15) is 9.59 Å². The van der Waals surface area contributed by atoms with Crippen LogP contribution in [0.1, 0.15) is 0 Å². The highest BCUT2D eigenvalue weighted by molar-refractivity contribution is 9.11. The van der Waals surface area contributed by atoms with Crippen LogP contribution in [0.5, 0.6) is 0 Å². The largest absolute Gasteiger partial charge is 0.332 e. The van der Waals surface area contributed by atoms with Crippen LogP contribution in [0.2, 0.25) is 0 Å². The second-order valence-corrected chi connectivity index (χ2v) is 5.69. The Labute approximate surface area is 119 Å². The molecule has 0 saturated carbocycles. The first-order valence-electron chi connectivity index (χ1n) is 4.99. The zero-order chi connectivity index (χ0) is 13.6. The minimum Gasteiger partial charge on any atom is -0.299 e. The third-order valence-corrected chi connectivity index (χ3v) is 3.48. The minimum absolute atomic E-state index is 0.250. The second-order valence-electron chi connectivity index (χ2n) is 3.86. The van der Waals surface area contributed by atoms with E-state index in [1.165, 1.54) is 11.6 Å². The molecule has 0 bridgehead atoms. The first-order chi connectivity index (χ1) is 8.34. The van der Waals surface area contributed by atoms with Gasteiger partial charge in [0.25, 0.3) is 5.56 Å². The maximum Gasteiger partial charge on any atom is 0.332 e. The molecule has 0 amide bonds. The SMILES string of the molecule is C=C(Br)Cn1c(Br)nc2c(=O)n(C)c(=O)n(C)c21. The summed E-state index contributed by atoms with van der Waals surface area (Å²) in [5.74, 6) is 0. The van der Waals surface area contributed by atoms with Gasteiger partial charge in [-0.3, -0.25) is 18.5 Å². The number of aryl methyl sites for hydroxylation is 1. The number of hydrogen-bond donors (Lipinski definition) is 0. The van der Waals surface area contributed by atoms with Gasteiger partial charge in [-0.05, 0) is 15.9 Å². The van der Waals surface area contributed by atoms with E-state index in [0.29, 0.717) is 16.9 Å². The maximum absolute atomic E-state index is 12.0. The van der Waals surface area contributed by atoms with Crippen molar-refractivity contribution < 1.29 is 0 Å². The Hall–Kier alpha value is -1.15. The predicted octanol–water partition coefficient (Wildman–Crippen LogP) is 1.10. The molecule has 2 aromatic heterocycles. The van der Waals surface area contributed by atoms with Crippen LogP contribution in [-0.4, -0.2) is 18.7 Å². The summed E-state index contributed by atoms with van der Waals surface area (Å²) in [6.07, 6.45) is 0. The van der Waals surface area contributed by atoms with Crippen molar-refractivity contribution in [3.8, 4) is 0 Å². The fourth-order valence-electron chi connectivity index (χ4n) is 1.77. The Morgan fingerprint density at radius 2 is 1.94 bits per heavy atom. The first kappa shape index (κ1) is 13.3. The summed E-state index contributed by atoms with van der Waals surface area (Å²) in [4.78, 5) is 28.0. The van der Waals surface area contributed by atoms with E-state index in [-0.39, 0.29) is 11.2 Å². The van der Waals surface area contributed by atoms with Crippen LogP contribution in [0.15, 0.2) is 25.4 Å². The molecule has 0 N–H and O–H groups in total. The minimum atomic E-state index is -0.410. The fraction of sp³-hybridized carbons (Fsp3) is 0.300. The Morgan fingerprint density at radius 1 is 1.33 bits per heavy atom. The van der Waals surface area contributed by atoms with Gasteiger partial charge in [-0.2, -0.15) is 0 Å². The molecular weight excluding hydrogens is 368 g/mol. The zero-order valence-corrected chi connectivity index (χ0v) is 12.9. The van der Waals surface area contributed by atoms with Crippen LogP contribution in [-0.2, 0) is 20.6 Å². The van der Waals surface area contributed by atoms with Gasteiger partial charge in [0.2, 0.25) is 0 Å². The van der Waals surface area contributed by atoms with Gasteiger partial charge < -0.3 is 0 Å². The van der Waals surface area contributed by atoms with Crippen molar-refractivity contribution in [1.82, 2.24) is 18.7 Å². The van der Waals surface area contributed by atoms with Crippen molar-refractivity contribution in [3.05, 3.63) is 36.6 Å². The Kier molecular flexibility index (Phi) is 3.33. The molecule has 0 aromatic carbocycles. The lowest BCUT2D eigenvalue weighted by Gasteiger charge is -2.08. The molecule has 18 heavy (non-hydrogen) atoms. The van der Waals surface area contributed by atoms with E-state index in [0.717, 1.165) is 9.05 Å². The average Bonchev–Trinajstić information content (AvgIpc) is 2.61. The number of fused-ring (bicyclic) bond motifs is 1. The Bertz CT molecular complexity index is 769. The highest BCUT2D eigenvalue weighted by Gasteiger charge is 2.17. The summed E-state index contributed by atoms with van der Waals surface area (Å²) in [5.41, 5.74) is -0.0788. The zero-order valence-electron chi connectivity index (χ0n) is 9.78. The van der Waals surface area contributed by atoms with Gasteiger partial charge in [0.15, 0.2) is 15.9 Å². The molecule has 0 aliphatic rings. The van der Waals surface area contributed by atoms with E-state index in [4.69, 9.17) is 0 Å². The van der Waals surface area contributed by atoms with Crippen LogP contribution >= 0.6 is 31.9 Å². The van der Waals surface area contributed by atoms with Crippen molar-refractivity contribution in [1.29, 1.82) is 0 Å². The lowest BCUT2D eigenvalue weighted by Crippen LogP contribution is -2.37. The summed E-state index contributed by atoms with van der Waals surface area (Å²) in [6.45, 7) is 4.16. The molecule has 0 aliphatic carbocycles. The summed E-state index contributed by atoms with van der Waals surface area (Å²) < 4.78 is 5.33. The number of nitrogens with zero attached hydrogens (tertiary/aromatic N) is 4. The first-order valence-corrected chi connectivity index (χ1v) is 6.58. The molecular formula is C10H10Br2N4O2. The topological polar surface area (TPSA) is 61.8 Å². The molecule has 2 aromatic rings. The predicted molar refractivity (Wildman–Crippen MR) is 76.0 cm³/mol. The van der Waals surface area contributed by atoms with Gasteiger partial charge >= 0.3 is 5.69 Å². The fourth-order valence-corrected chi connectivity index (χ4v) is 2.50. The average molecular weight is 378 g/mol. The molecule has 0 radical (unpaired) electrons. The molecule has 2 heterocycles. The molecule has 0 unspecified atom stereocenters. The summed E-state index contributed by atoms with van der Waals surface area (Å²) in [5, 5.41) is 0. The van der Waals surface area contributed by atoms with Crippen molar-refractivity contribution in [2.75, 3.05) is 0 Å². The quantitative estimate of drug-likeness (QED) is 0.736. The lowest BCUT2D eigenvalue weighted by molar-refractivity contribution is 0.687. The second kappa shape index (κ2) is 4.51. The number of hydrogen-bond acceptors (Lipinski definition) is 3. The van der Waals surface area contributed by atoms with Crippen LogP contribution in [0.25, 0.3) is 11.2 Å². The van der Waals surface area contributed by atoms with Gasteiger partial charge in [0, 0.05) is 18.6 Å². The van der Waals surface area contributed by atoms with Crippen LogP contribution in [0.4, 0.5) is 0 Å². The summed E-state index contributed by atoms with van der Waals surface area (Å²) in [6, 6.07) is 0. The molecule has 0 aliphatic heterocycles. The molecule has 0 fully saturated rings. The summed E-state index contributed by atoms with van der Waals surface area (Å²) >= 11 is 6.54. The van der Waals surface area contributed by atoms with Crippen molar-refractivity contribution >= 4 is 43.0 Å². The number of imidazole rings is 1. The Morgan fingerprint density at radius 3 is 2.50 bits per heavy atom. The molecule has 8 heteroatoms. The van der Waals surface area contributed by atoms with Gasteiger partial charge in [-0.1, -0.05) is 22.5 Å². The standard InChI is InChI=1S/C10H10Br2N4O2/c1-5(11)4-16-7-6(13-9(16)12)8(17)15(3)10(18)14(7)2/h1,4H2,2-3H3. The van der Waals surface area contributed by atoms with Gasteiger partial charge in [0.1, 0.15) is 0 Å². The number of halogens is 2. The maximum atomic E-state index is 12.0. The van der Waals surface area contributed by atoms with Crippen LogP contribution in [0, 0.1) is 0 Å². The number of aromatic nitrogens is 4. The van der Waals surface area contributed by atoms with E-state index >= 15 is 0 Å². The molecule has 6 nitrogen and oxygen atoms in total. The van der Waals surface area contributed by atoms with Gasteiger partial charge in [-0.15, -0.1) is 0 Å². The summed E-state index contributed by atoms with van der Waals surface area (Å²) in [7, 11) is 3.03. The molecule has 2 rings (SSSR count). The normalized spacial score (nSPS) is 11.1. The van der Waals surface area contributed by atoms with Crippen molar-refractivity contribution in [2.24, 2.45) is 14.1 Å². The third kappa shape index (κ3) is 1.89. The lowest BCUT2D eigenvalue weighted by atomic mass is 10.5. The van der Waals surface area contributed by atoms with Crippen LogP contribution in [0.3, 0.4) is 0 Å². The molecule has 0 atom stereocenters. The number of rotatable bonds is 2. The van der Waals surface area contributed by atoms with E-state index < -0.39 is 5.56 Å². The molecule has 96 valence electrons. The highest BCUT2D eigenvalue weighted by atomic mass is 79.9. The molecule has 0 spiro atoms.